The normalized spacial score (nSPS) is 15.6. The van der Waals surface area contributed by atoms with Crippen LogP contribution in [-0.2, 0) is 22.4 Å². The Morgan fingerprint density at radius 1 is 1.05 bits per heavy atom. The summed E-state index contributed by atoms with van der Waals surface area (Å²) in [7, 11) is 0. The number of hydrogen-bond donors (Lipinski definition) is 4. The van der Waals surface area contributed by atoms with Gasteiger partial charge in [0.2, 0.25) is 5.91 Å². The molecule has 0 unspecified atom stereocenters. The lowest BCUT2D eigenvalue weighted by atomic mass is 10.1. The summed E-state index contributed by atoms with van der Waals surface area (Å²) in [4.78, 5) is 27.1. The molecule has 1 aliphatic heterocycles. The third kappa shape index (κ3) is 8.59. The molecule has 2 amide bonds. The standard InChI is InChI=1S/C31H43ClN4O4/c1-22-20-23(8-10-26(22)32)12-15-33-17-14-29(39)36(25-6-4-2-3-5-7-25)19-18-34-16-13-24-9-11-27(37)30-31(24)40-21-28(38)35-30/h8-11,20,25,33-34,37H,2-7,12-19,21H2,1H3,(H,35,38). The molecule has 218 valence electrons. The number of aryl methyl sites for hydroxylation is 1. The van der Waals surface area contributed by atoms with Gasteiger partial charge < -0.3 is 30.7 Å². The molecule has 8 nitrogen and oxygen atoms in total. The van der Waals surface area contributed by atoms with E-state index >= 15 is 0 Å². The van der Waals surface area contributed by atoms with E-state index in [2.05, 4.69) is 33.0 Å². The van der Waals surface area contributed by atoms with Gasteiger partial charge in [-0.05, 0) is 74.5 Å². The molecule has 40 heavy (non-hydrogen) atoms. The van der Waals surface area contributed by atoms with E-state index in [0.717, 1.165) is 42.0 Å². The van der Waals surface area contributed by atoms with Gasteiger partial charge in [0.25, 0.3) is 5.91 Å². The van der Waals surface area contributed by atoms with E-state index in [1.807, 2.05) is 19.1 Å². The van der Waals surface area contributed by atoms with Crippen LogP contribution in [0.15, 0.2) is 30.3 Å². The third-order valence-electron chi connectivity index (χ3n) is 7.84. The van der Waals surface area contributed by atoms with Gasteiger partial charge in [0.05, 0.1) is 0 Å². The lowest BCUT2D eigenvalue weighted by Crippen LogP contribution is -2.45. The number of benzene rings is 2. The van der Waals surface area contributed by atoms with Crippen molar-refractivity contribution in [3.8, 4) is 11.5 Å². The van der Waals surface area contributed by atoms with Crippen LogP contribution in [0.25, 0.3) is 0 Å². The van der Waals surface area contributed by atoms with E-state index < -0.39 is 0 Å². The first-order chi connectivity index (χ1) is 19.4. The van der Waals surface area contributed by atoms with Crippen LogP contribution in [0.2, 0.25) is 5.02 Å². The number of rotatable bonds is 13. The molecule has 0 aromatic heterocycles. The molecule has 1 aliphatic carbocycles. The quantitative estimate of drug-likeness (QED) is 0.160. The molecule has 4 rings (SSSR count). The Bertz CT molecular complexity index is 1150. The first kappa shape index (κ1) is 30.2. The van der Waals surface area contributed by atoms with Gasteiger partial charge in [-0.2, -0.15) is 0 Å². The second-order valence-corrected chi connectivity index (χ2v) is 11.3. The molecule has 4 N–H and O–H groups in total. The van der Waals surface area contributed by atoms with Crippen LogP contribution in [0.1, 0.15) is 61.6 Å². The molecule has 2 aromatic rings. The minimum absolute atomic E-state index is 0.00637. The molecule has 1 heterocycles. The van der Waals surface area contributed by atoms with Crippen LogP contribution < -0.4 is 20.7 Å². The molecule has 0 bridgehead atoms. The number of nitrogens with zero attached hydrogens (tertiary/aromatic N) is 1. The first-order valence-corrected chi connectivity index (χ1v) is 15.0. The summed E-state index contributed by atoms with van der Waals surface area (Å²) in [5, 5.41) is 20.5. The maximum absolute atomic E-state index is 13.3. The highest BCUT2D eigenvalue weighted by Gasteiger charge is 2.25. The minimum atomic E-state index is -0.270. The number of halogens is 1. The van der Waals surface area contributed by atoms with Crippen molar-refractivity contribution < 1.29 is 19.4 Å². The lowest BCUT2D eigenvalue weighted by molar-refractivity contribution is -0.133. The van der Waals surface area contributed by atoms with E-state index in [0.29, 0.717) is 56.5 Å². The van der Waals surface area contributed by atoms with Crippen molar-refractivity contribution in [1.82, 2.24) is 15.5 Å². The summed E-state index contributed by atoms with van der Waals surface area (Å²) in [6.45, 7) is 5.57. The molecule has 1 saturated carbocycles. The smallest absolute Gasteiger partial charge is 0.262 e. The van der Waals surface area contributed by atoms with Crippen LogP contribution in [-0.4, -0.2) is 67.2 Å². The number of fused-ring (bicyclic) bond motifs is 1. The second kappa shape index (κ2) is 15.3. The van der Waals surface area contributed by atoms with E-state index in [-0.39, 0.29) is 24.2 Å². The highest BCUT2D eigenvalue weighted by atomic mass is 35.5. The monoisotopic (exact) mass is 570 g/mol. The summed E-state index contributed by atoms with van der Waals surface area (Å²) < 4.78 is 5.59. The zero-order valence-electron chi connectivity index (χ0n) is 23.6. The second-order valence-electron chi connectivity index (χ2n) is 10.9. The molecule has 2 aliphatic rings. The maximum atomic E-state index is 13.3. The average molecular weight is 571 g/mol. The summed E-state index contributed by atoms with van der Waals surface area (Å²) in [5.74, 6) is 0.496. The Labute approximate surface area is 242 Å². The van der Waals surface area contributed by atoms with Gasteiger partial charge in [0.1, 0.15) is 11.4 Å². The van der Waals surface area contributed by atoms with Gasteiger partial charge in [0.15, 0.2) is 12.4 Å². The largest absolute Gasteiger partial charge is 0.506 e. The maximum Gasteiger partial charge on any atom is 0.262 e. The number of phenolic OH excluding ortho intramolecular Hbond substituents is 1. The Kier molecular flexibility index (Phi) is 11.5. The third-order valence-corrected chi connectivity index (χ3v) is 8.27. The fraction of sp³-hybridized carbons (Fsp3) is 0.548. The Balaban J connectivity index is 1.23. The zero-order valence-corrected chi connectivity index (χ0v) is 24.3. The molecule has 2 aromatic carbocycles. The number of anilines is 1. The highest BCUT2D eigenvalue weighted by Crippen LogP contribution is 2.39. The number of carbonyl (C=O) groups excluding carboxylic acids is 2. The SMILES string of the molecule is Cc1cc(CCNCCC(=O)N(CCNCCc2ccc(O)c3c2OCC(=O)N3)C2CCCCCC2)ccc1Cl. The molecule has 0 atom stereocenters. The Morgan fingerprint density at radius 2 is 1.80 bits per heavy atom. The van der Waals surface area contributed by atoms with Crippen molar-refractivity contribution in [2.24, 2.45) is 0 Å². The molecular formula is C31H43ClN4O4. The van der Waals surface area contributed by atoms with Gasteiger partial charge in [0, 0.05) is 37.1 Å². The fourth-order valence-corrected chi connectivity index (χ4v) is 5.72. The van der Waals surface area contributed by atoms with Crippen LogP contribution in [0.5, 0.6) is 11.5 Å². The summed E-state index contributed by atoms with van der Waals surface area (Å²) in [5.41, 5.74) is 3.61. The number of aromatic hydroxyl groups is 1. The number of hydrogen-bond acceptors (Lipinski definition) is 6. The van der Waals surface area contributed by atoms with E-state index in [1.54, 1.807) is 6.07 Å². The lowest BCUT2D eigenvalue weighted by Gasteiger charge is -2.32. The van der Waals surface area contributed by atoms with Crippen LogP contribution >= 0.6 is 11.6 Å². The number of amides is 2. The van der Waals surface area contributed by atoms with E-state index in [4.69, 9.17) is 16.3 Å². The number of ether oxygens (including phenoxy) is 1. The average Bonchev–Trinajstić information content (AvgIpc) is 3.23. The Morgan fingerprint density at radius 3 is 2.58 bits per heavy atom. The first-order valence-electron chi connectivity index (χ1n) is 14.7. The van der Waals surface area contributed by atoms with Crippen molar-refractivity contribution in [3.05, 3.63) is 52.0 Å². The molecule has 1 fully saturated rings. The van der Waals surface area contributed by atoms with Crippen LogP contribution in [0.4, 0.5) is 5.69 Å². The highest BCUT2D eigenvalue weighted by molar-refractivity contribution is 6.31. The van der Waals surface area contributed by atoms with Gasteiger partial charge in [-0.3, -0.25) is 9.59 Å². The zero-order chi connectivity index (χ0) is 28.3. The topological polar surface area (TPSA) is 103 Å². The summed E-state index contributed by atoms with van der Waals surface area (Å²) in [6.07, 6.45) is 9.13. The van der Waals surface area contributed by atoms with E-state index in [9.17, 15) is 14.7 Å². The Hall–Kier alpha value is -2.81. The van der Waals surface area contributed by atoms with Crippen molar-refractivity contribution in [1.29, 1.82) is 0 Å². The number of carbonyl (C=O) groups is 2. The molecule has 0 spiro atoms. The molecular weight excluding hydrogens is 528 g/mol. The summed E-state index contributed by atoms with van der Waals surface area (Å²) >= 11 is 6.13. The van der Waals surface area contributed by atoms with Crippen LogP contribution in [0, 0.1) is 6.92 Å². The van der Waals surface area contributed by atoms with Gasteiger partial charge in [-0.1, -0.05) is 55.5 Å². The van der Waals surface area contributed by atoms with Gasteiger partial charge >= 0.3 is 0 Å². The fourth-order valence-electron chi connectivity index (χ4n) is 5.60. The van der Waals surface area contributed by atoms with Crippen molar-refractivity contribution in [3.63, 3.8) is 0 Å². The minimum Gasteiger partial charge on any atom is -0.506 e. The van der Waals surface area contributed by atoms with Gasteiger partial charge in [-0.15, -0.1) is 0 Å². The summed E-state index contributed by atoms with van der Waals surface area (Å²) in [6, 6.07) is 9.85. The van der Waals surface area contributed by atoms with Gasteiger partial charge in [-0.25, -0.2) is 0 Å². The van der Waals surface area contributed by atoms with Crippen molar-refractivity contribution in [2.75, 3.05) is 44.6 Å². The predicted octanol–water partition coefficient (Wildman–Crippen LogP) is 4.59. The van der Waals surface area contributed by atoms with Crippen molar-refractivity contribution in [2.45, 2.75) is 70.8 Å². The van der Waals surface area contributed by atoms with Crippen LogP contribution in [0.3, 0.4) is 0 Å². The molecule has 0 radical (unpaired) electrons. The predicted molar refractivity (Wildman–Crippen MR) is 159 cm³/mol. The van der Waals surface area contributed by atoms with E-state index in [1.165, 1.54) is 31.2 Å². The number of phenols is 1. The number of nitrogens with one attached hydrogen (secondary N) is 3. The molecule has 9 heteroatoms. The van der Waals surface area contributed by atoms with Crippen molar-refractivity contribution >= 4 is 29.1 Å². The molecule has 0 saturated heterocycles.